The van der Waals surface area contributed by atoms with Gasteiger partial charge in [0.05, 0.1) is 18.8 Å². The molecule has 2 fully saturated rings. The van der Waals surface area contributed by atoms with Crippen LogP contribution in [0.25, 0.3) is 0 Å². The van der Waals surface area contributed by atoms with Crippen LogP contribution in [0, 0.1) is 17.8 Å². The summed E-state index contributed by atoms with van der Waals surface area (Å²) in [5.41, 5.74) is -0.905. The van der Waals surface area contributed by atoms with Gasteiger partial charge in [-0.15, -0.1) is 0 Å². The molecule has 0 aliphatic heterocycles. The first-order chi connectivity index (χ1) is 13.8. The lowest BCUT2D eigenvalue weighted by atomic mass is 9.84. The van der Waals surface area contributed by atoms with E-state index in [2.05, 4.69) is 10.8 Å². The predicted molar refractivity (Wildman–Crippen MR) is 113 cm³/mol. The van der Waals surface area contributed by atoms with Crippen LogP contribution in [-0.2, 0) is 14.3 Å². The molecule has 29 heavy (non-hydrogen) atoms. The topological polar surface area (TPSA) is 83.8 Å². The average molecular weight is 405 g/mol. The standard InChI is InChI=1S/C24H36O5/c1-24(28,16-14-18-9-7-10-18)15-8-12-20-19(21(25)17-22(20)26)11-5-3-4-6-13-23(27)29-2/h3-4,8,12,14,16,18-20,22,26,28H,5-7,9-11,13,15,17H2,1-2H3/b4-3-,12-8+,16-14+/t19-,20-,22-,24-/m1/s1. The van der Waals surface area contributed by atoms with E-state index >= 15 is 0 Å². The van der Waals surface area contributed by atoms with Crippen molar-refractivity contribution < 1.29 is 24.5 Å². The highest BCUT2D eigenvalue weighted by atomic mass is 16.5. The number of carbonyl (C=O) groups is 2. The van der Waals surface area contributed by atoms with Crippen LogP contribution in [-0.4, -0.2) is 40.8 Å². The molecule has 0 unspecified atom stereocenters. The van der Waals surface area contributed by atoms with Crippen LogP contribution < -0.4 is 0 Å². The van der Waals surface area contributed by atoms with Gasteiger partial charge in [0, 0.05) is 24.7 Å². The molecule has 5 heteroatoms. The number of methoxy groups -OCH3 is 1. The van der Waals surface area contributed by atoms with Crippen molar-refractivity contribution in [1.82, 2.24) is 0 Å². The Morgan fingerprint density at radius 3 is 2.59 bits per heavy atom. The average Bonchev–Trinajstić information content (AvgIpc) is 2.89. The van der Waals surface area contributed by atoms with E-state index in [1.165, 1.54) is 26.4 Å². The number of hydrogen-bond acceptors (Lipinski definition) is 5. The number of ketones is 1. The SMILES string of the molecule is COC(=O)CC/C=C\CC[C@H]1C(=O)C[C@@H](O)[C@@H]1/C=C/C[C@@](C)(O)/C=C/C1CCC1. The molecule has 2 N–H and O–H groups in total. The smallest absolute Gasteiger partial charge is 0.305 e. The van der Waals surface area contributed by atoms with Crippen LogP contribution in [0.5, 0.6) is 0 Å². The Morgan fingerprint density at radius 2 is 1.93 bits per heavy atom. The molecule has 0 bridgehead atoms. The molecule has 0 saturated heterocycles. The van der Waals surface area contributed by atoms with Gasteiger partial charge in [0.1, 0.15) is 5.78 Å². The number of aliphatic hydroxyl groups is 2. The van der Waals surface area contributed by atoms with E-state index in [1.54, 1.807) is 6.92 Å². The van der Waals surface area contributed by atoms with Crippen molar-refractivity contribution in [1.29, 1.82) is 0 Å². The summed E-state index contributed by atoms with van der Waals surface area (Å²) < 4.78 is 4.60. The first-order valence-electron chi connectivity index (χ1n) is 10.8. The van der Waals surface area contributed by atoms with Crippen LogP contribution in [0.4, 0.5) is 0 Å². The largest absolute Gasteiger partial charge is 0.469 e. The van der Waals surface area contributed by atoms with E-state index in [9.17, 15) is 19.8 Å². The van der Waals surface area contributed by atoms with E-state index in [0.29, 0.717) is 31.6 Å². The van der Waals surface area contributed by atoms with Gasteiger partial charge < -0.3 is 14.9 Å². The molecule has 2 aliphatic rings. The summed E-state index contributed by atoms with van der Waals surface area (Å²) >= 11 is 0. The number of rotatable bonds is 11. The Hall–Kier alpha value is -1.72. The summed E-state index contributed by atoms with van der Waals surface area (Å²) in [6.07, 6.45) is 17.8. The second-order valence-corrected chi connectivity index (χ2v) is 8.62. The van der Waals surface area contributed by atoms with Gasteiger partial charge in [-0.25, -0.2) is 0 Å². The maximum Gasteiger partial charge on any atom is 0.305 e. The molecule has 0 aromatic carbocycles. The lowest BCUT2D eigenvalue weighted by Crippen LogP contribution is -2.22. The Bertz CT molecular complexity index is 627. The van der Waals surface area contributed by atoms with Gasteiger partial charge in [0.2, 0.25) is 0 Å². The lowest BCUT2D eigenvalue weighted by Gasteiger charge is -2.24. The van der Waals surface area contributed by atoms with Crippen LogP contribution in [0.1, 0.15) is 64.7 Å². The third-order valence-corrected chi connectivity index (χ3v) is 6.05. The summed E-state index contributed by atoms with van der Waals surface area (Å²) in [7, 11) is 1.38. The van der Waals surface area contributed by atoms with Crippen molar-refractivity contribution in [3.8, 4) is 0 Å². The monoisotopic (exact) mass is 404 g/mol. The quantitative estimate of drug-likeness (QED) is 0.403. The number of hydrogen-bond donors (Lipinski definition) is 2. The van der Waals surface area contributed by atoms with Crippen molar-refractivity contribution in [2.45, 2.75) is 76.4 Å². The third kappa shape index (κ3) is 7.90. The van der Waals surface area contributed by atoms with Gasteiger partial charge >= 0.3 is 5.97 Å². The highest BCUT2D eigenvalue weighted by molar-refractivity contribution is 5.84. The first-order valence-corrected chi connectivity index (χ1v) is 10.8. The fourth-order valence-electron chi connectivity index (χ4n) is 3.91. The Labute approximate surface area is 174 Å². The number of esters is 1. The molecule has 0 radical (unpaired) electrons. The minimum atomic E-state index is -0.905. The van der Waals surface area contributed by atoms with Gasteiger partial charge in [-0.05, 0) is 51.4 Å². The molecule has 0 heterocycles. The van der Waals surface area contributed by atoms with E-state index in [1.807, 2.05) is 30.4 Å². The zero-order valence-corrected chi connectivity index (χ0v) is 17.8. The number of carbonyl (C=O) groups excluding carboxylic acids is 2. The molecule has 0 spiro atoms. The molecule has 0 amide bonds. The van der Waals surface area contributed by atoms with E-state index in [-0.39, 0.29) is 30.0 Å². The summed E-state index contributed by atoms with van der Waals surface area (Å²) in [6.45, 7) is 1.79. The van der Waals surface area contributed by atoms with Gasteiger partial charge in [-0.1, -0.05) is 42.9 Å². The predicted octanol–water partition coefficient (Wildman–Crippen LogP) is 3.90. The molecule has 2 saturated carbocycles. The van der Waals surface area contributed by atoms with Gasteiger partial charge in [-0.2, -0.15) is 0 Å². The molecule has 4 atom stereocenters. The summed E-state index contributed by atoms with van der Waals surface area (Å²) in [5, 5.41) is 20.8. The Morgan fingerprint density at radius 1 is 1.21 bits per heavy atom. The number of allylic oxidation sites excluding steroid dienone is 3. The molecule has 0 aromatic rings. The normalized spacial score (nSPS) is 27.7. The number of ether oxygens (including phenoxy) is 1. The van der Waals surface area contributed by atoms with Crippen LogP contribution in [0.15, 0.2) is 36.5 Å². The van der Waals surface area contributed by atoms with Crippen LogP contribution in [0.3, 0.4) is 0 Å². The minimum absolute atomic E-state index is 0.103. The van der Waals surface area contributed by atoms with Crippen molar-refractivity contribution in [2.75, 3.05) is 7.11 Å². The number of Topliss-reactive ketones (excluding diaryl/α,β-unsaturated/α-hetero) is 1. The maximum absolute atomic E-state index is 12.3. The van der Waals surface area contributed by atoms with E-state index in [0.717, 1.165) is 6.42 Å². The zero-order chi connectivity index (χ0) is 21.3. The summed E-state index contributed by atoms with van der Waals surface area (Å²) in [4.78, 5) is 23.4. The van der Waals surface area contributed by atoms with Gasteiger partial charge in [-0.3, -0.25) is 9.59 Å². The third-order valence-electron chi connectivity index (χ3n) is 6.05. The first kappa shape index (κ1) is 23.6. The van der Waals surface area contributed by atoms with Crippen molar-refractivity contribution in [2.24, 2.45) is 17.8 Å². The van der Waals surface area contributed by atoms with Gasteiger partial charge in [0.25, 0.3) is 0 Å². The van der Waals surface area contributed by atoms with Gasteiger partial charge in [0.15, 0.2) is 0 Å². The zero-order valence-electron chi connectivity index (χ0n) is 17.8. The van der Waals surface area contributed by atoms with Crippen molar-refractivity contribution >= 4 is 11.8 Å². The lowest BCUT2D eigenvalue weighted by molar-refractivity contribution is -0.140. The molecule has 2 aliphatic carbocycles. The molecule has 2 rings (SSSR count). The fraction of sp³-hybridized carbons (Fsp3) is 0.667. The highest BCUT2D eigenvalue weighted by Gasteiger charge is 2.39. The maximum atomic E-state index is 12.3. The van der Waals surface area contributed by atoms with E-state index in [4.69, 9.17) is 0 Å². The summed E-state index contributed by atoms with van der Waals surface area (Å²) in [5.74, 6) is 0.0863. The van der Waals surface area contributed by atoms with Crippen LogP contribution in [0.2, 0.25) is 0 Å². The Balaban J connectivity index is 1.81. The molecular weight excluding hydrogens is 368 g/mol. The minimum Gasteiger partial charge on any atom is -0.469 e. The molecular formula is C24H36O5. The van der Waals surface area contributed by atoms with Crippen LogP contribution >= 0.6 is 0 Å². The molecule has 5 nitrogen and oxygen atoms in total. The van der Waals surface area contributed by atoms with Crippen molar-refractivity contribution in [3.05, 3.63) is 36.5 Å². The highest BCUT2D eigenvalue weighted by Crippen LogP contribution is 2.34. The van der Waals surface area contributed by atoms with Crippen molar-refractivity contribution in [3.63, 3.8) is 0 Å². The second kappa shape index (κ2) is 11.5. The fourth-order valence-corrected chi connectivity index (χ4v) is 3.91. The summed E-state index contributed by atoms with van der Waals surface area (Å²) in [6, 6.07) is 0. The number of aliphatic hydroxyl groups excluding tert-OH is 1. The Kier molecular flexibility index (Phi) is 9.31. The molecule has 0 aromatic heterocycles. The van der Waals surface area contributed by atoms with E-state index < -0.39 is 11.7 Å². The second-order valence-electron chi connectivity index (χ2n) is 8.62. The molecule has 162 valence electrons.